The van der Waals surface area contributed by atoms with E-state index in [-0.39, 0.29) is 0 Å². The standard InChI is InChI=1S/C9H7ClN2O/c10-8-2-1-6(11)3-7(8)9-4-12-5-13-9/h1-5H,11H2. The largest absolute Gasteiger partial charge is 0.443 e. The van der Waals surface area contributed by atoms with Gasteiger partial charge in [0, 0.05) is 11.3 Å². The van der Waals surface area contributed by atoms with Crippen molar-refractivity contribution in [3.8, 4) is 11.3 Å². The average molecular weight is 195 g/mol. The summed E-state index contributed by atoms with van der Waals surface area (Å²) >= 11 is 5.94. The molecule has 2 N–H and O–H groups in total. The molecular formula is C9H7ClN2O. The second-order valence-corrected chi connectivity index (χ2v) is 3.01. The Morgan fingerprint density at radius 3 is 2.92 bits per heavy atom. The van der Waals surface area contributed by atoms with E-state index in [2.05, 4.69) is 4.98 Å². The molecule has 0 radical (unpaired) electrons. The lowest BCUT2D eigenvalue weighted by atomic mass is 10.1. The van der Waals surface area contributed by atoms with Crippen molar-refractivity contribution in [1.29, 1.82) is 0 Å². The lowest BCUT2D eigenvalue weighted by Gasteiger charge is -2.00. The summed E-state index contributed by atoms with van der Waals surface area (Å²) in [5.74, 6) is 0.623. The minimum atomic E-state index is 0.603. The highest BCUT2D eigenvalue weighted by Gasteiger charge is 2.06. The van der Waals surface area contributed by atoms with Gasteiger partial charge in [-0.1, -0.05) is 11.6 Å². The van der Waals surface area contributed by atoms with Gasteiger partial charge in [0.05, 0.1) is 11.2 Å². The van der Waals surface area contributed by atoms with Crippen LogP contribution in [-0.2, 0) is 0 Å². The van der Waals surface area contributed by atoms with Gasteiger partial charge in [-0.15, -0.1) is 0 Å². The molecule has 0 amide bonds. The number of aromatic nitrogens is 1. The maximum atomic E-state index is 5.94. The van der Waals surface area contributed by atoms with Crippen molar-refractivity contribution in [2.45, 2.75) is 0 Å². The normalized spacial score (nSPS) is 10.2. The van der Waals surface area contributed by atoms with Crippen LogP contribution in [0.5, 0.6) is 0 Å². The number of halogens is 1. The van der Waals surface area contributed by atoms with Crippen LogP contribution >= 0.6 is 11.6 Å². The molecule has 4 heteroatoms. The molecule has 3 nitrogen and oxygen atoms in total. The number of nitrogens with two attached hydrogens (primary N) is 1. The van der Waals surface area contributed by atoms with Gasteiger partial charge in [-0.05, 0) is 18.2 Å². The first-order valence-corrected chi connectivity index (χ1v) is 4.09. The van der Waals surface area contributed by atoms with E-state index in [0.717, 1.165) is 5.56 Å². The van der Waals surface area contributed by atoms with Gasteiger partial charge < -0.3 is 10.2 Å². The molecule has 0 bridgehead atoms. The Balaban J connectivity index is 2.57. The second-order valence-electron chi connectivity index (χ2n) is 2.60. The minimum Gasteiger partial charge on any atom is -0.443 e. The summed E-state index contributed by atoms with van der Waals surface area (Å²) in [6.45, 7) is 0. The van der Waals surface area contributed by atoms with E-state index in [1.165, 1.54) is 6.39 Å². The molecule has 13 heavy (non-hydrogen) atoms. The first-order valence-electron chi connectivity index (χ1n) is 3.71. The van der Waals surface area contributed by atoms with Crippen molar-refractivity contribution in [2.75, 3.05) is 5.73 Å². The number of rotatable bonds is 1. The van der Waals surface area contributed by atoms with Gasteiger partial charge in [-0.25, -0.2) is 4.98 Å². The molecule has 1 aromatic carbocycles. The highest BCUT2D eigenvalue weighted by Crippen LogP contribution is 2.29. The Hall–Kier alpha value is -1.48. The molecule has 2 aromatic rings. The molecule has 0 unspecified atom stereocenters. The van der Waals surface area contributed by atoms with Crippen LogP contribution in [-0.4, -0.2) is 4.98 Å². The third-order valence-electron chi connectivity index (χ3n) is 1.69. The molecule has 0 aliphatic carbocycles. The predicted octanol–water partition coefficient (Wildman–Crippen LogP) is 2.58. The number of benzene rings is 1. The number of oxazole rings is 1. The fourth-order valence-electron chi connectivity index (χ4n) is 1.08. The molecular weight excluding hydrogens is 188 g/mol. The number of nitrogen functional groups attached to an aromatic ring is 1. The molecule has 0 fully saturated rings. The molecule has 1 aromatic heterocycles. The van der Waals surface area contributed by atoms with Crippen molar-refractivity contribution in [3.05, 3.63) is 35.8 Å². The van der Waals surface area contributed by atoms with Crippen LogP contribution < -0.4 is 5.73 Å². The summed E-state index contributed by atoms with van der Waals surface area (Å²) in [6.07, 6.45) is 2.95. The molecule has 2 rings (SSSR count). The van der Waals surface area contributed by atoms with E-state index < -0.39 is 0 Å². The number of nitrogens with zero attached hydrogens (tertiary/aromatic N) is 1. The van der Waals surface area contributed by atoms with Crippen molar-refractivity contribution >= 4 is 17.3 Å². The summed E-state index contributed by atoms with van der Waals surface area (Å²) in [7, 11) is 0. The monoisotopic (exact) mass is 194 g/mol. The van der Waals surface area contributed by atoms with E-state index in [9.17, 15) is 0 Å². The molecule has 66 valence electrons. The van der Waals surface area contributed by atoms with Crippen molar-refractivity contribution in [3.63, 3.8) is 0 Å². The Labute approximate surface area is 80.1 Å². The summed E-state index contributed by atoms with van der Waals surface area (Å²) in [6, 6.07) is 5.22. The zero-order valence-electron chi connectivity index (χ0n) is 6.70. The summed E-state index contributed by atoms with van der Waals surface area (Å²) < 4.78 is 5.10. The maximum absolute atomic E-state index is 5.94. The zero-order valence-corrected chi connectivity index (χ0v) is 7.45. The summed E-state index contributed by atoms with van der Waals surface area (Å²) in [4.78, 5) is 3.80. The van der Waals surface area contributed by atoms with E-state index in [4.69, 9.17) is 21.8 Å². The Bertz CT molecular complexity index is 412. The quantitative estimate of drug-likeness (QED) is 0.710. The van der Waals surface area contributed by atoms with Crippen LogP contribution in [0.1, 0.15) is 0 Å². The van der Waals surface area contributed by atoms with Crippen LogP contribution in [0.15, 0.2) is 35.2 Å². The van der Waals surface area contributed by atoms with Crippen molar-refractivity contribution in [2.24, 2.45) is 0 Å². The van der Waals surface area contributed by atoms with Gasteiger partial charge in [0.2, 0.25) is 0 Å². The first-order chi connectivity index (χ1) is 6.27. The minimum absolute atomic E-state index is 0.603. The van der Waals surface area contributed by atoms with Crippen LogP contribution in [0.3, 0.4) is 0 Å². The third-order valence-corrected chi connectivity index (χ3v) is 2.02. The number of hydrogen-bond acceptors (Lipinski definition) is 3. The van der Waals surface area contributed by atoms with Gasteiger partial charge >= 0.3 is 0 Å². The van der Waals surface area contributed by atoms with Crippen LogP contribution in [0.2, 0.25) is 5.02 Å². The molecule has 0 atom stereocenters. The van der Waals surface area contributed by atoms with Crippen LogP contribution in [0.25, 0.3) is 11.3 Å². The molecule has 0 spiro atoms. The van der Waals surface area contributed by atoms with E-state index in [0.29, 0.717) is 16.5 Å². The lowest BCUT2D eigenvalue weighted by molar-refractivity contribution is 0.572. The van der Waals surface area contributed by atoms with Crippen LogP contribution in [0, 0.1) is 0 Å². The van der Waals surface area contributed by atoms with Gasteiger partial charge in [0.25, 0.3) is 0 Å². The molecule has 1 heterocycles. The van der Waals surface area contributed by atoms with E-state index >= 15 is 0 Å². The fraction of sp³-hybridized carbons (Fsp3) is 0. The van der Waals surface area contributed by atoms with Crippen molar-refractivity contribution in [1.82, 2.24) is 4.98 Å². The summed E-state index contributed by atoms with van der Waals surface area (Å²) in [5.41, 5.74) is 7.02. The first kappa shape index (κ1) is 8.13. The summed E-state index contributed by atoms with van der Waals surface area (Å²) in [5, 5.41) is 0.603. The SMILES string of the molecule is Nc1ccc(Cl)c(-c2cnco2)c1. The smallest absolute Gasteiger partial charge is 0.181 e. The second kappa shape index (κ2) is 3.11. The molecule has 0 saturated carbocycles. The Morgan fingerprint density at radius 2 is 2.23 bits per heavy atom. The Kier molecular flexibility index (Phi) is 1.94. The molecule has 0 saturated heterocycles. The van der Waals surface area contributed by atoms with Crippen LogP contribution in [0.4, 0.5) is 5.69 Å². The van der Waals surface area contributed by atoms with Crippen molar-refractivity contribution < 1.29 is 4.42 Å². The van der Waals surface area contributed by atoms with Gasteiger partial charge in [0.1, 0.15) is 0 Å². The zero-order chi connectivity index (χ0) is 9.26. The lowest BCUT2D eigenvalue weighted by Crippen LogP contribution is -1.85. The third kappa shape index (κ3) is 1.51. The van der Waals surface area contributed by atoms with Gasteiger partial charge in [-0.2, -0.15) is 0 Å². The fourth-order valence-corrected chi connectivity index (χ4v) is 1.29. The Morgan fingerprint density at radius 1 is 1.38 bits per heavy atom. The predicted molar refractivity (Wildman–Crippen MR) is 51.4 cm³/mol. The van der Waals surface area contributed by atoms with E-state index in [1.807, 2.05) is 0 Å². The average Bonchev–Trinajstić information content (AvgIpc) is 2.61. The number of anilines is 1. The number of hydrogen-bond donors (Lipinski definition) is 1. The highest BCUT2D eigenvalue weighted by atomic mass is 35.5. The topological polar surface area (TPSA) is 52.0 Å². The van der Waals surface area contributed by atoms with Gasteiger partial charge in [0.15, 0.2) is 12.2 Å². The highest BCUT2D eigenvalue weighted by molar-refractivity contribution is 6.33. The van der Waals surface area contributed by atoms with E-state index in [1.54, 1.807) is 24.4 Å². The molecule has 0 aliphatic rings. The molecule has 0 aliphatic heterocycles. The van der Waals surface area contributed by atoms with Gasteiger partial charge in [-0.3, -0.25) is 0 Å². The maximum Gasteiger partial charge on any atom is 0.181 e.